The van der Waals surface area contributed by atoms with Gasteiger partial charge in [0.05, 0.1) is 28.3 Å². The SMILES string of the molecule is O=S(=O)(Nc1cnccc1CN1CCN(c2ccc(S(=O)(=O)C(F)(F)F)cc2)C1)c1ccc(Cl)cc1. The van der Waals surface area contributed by atoms with E-state index in [1.807, 2.05) is 9.80 Å². The Morgan fingerprint density at radius 2 is 1.56 bits per heavy atom. The van der Waals surface area contributed by atoms with Crippen LogP contribution in [0.3, 0.4) is 0 Å². The third-order valence-electron chi connectivity index (χ3n) is 5.55. The smallest absolute Gasteiger partial charge is 0.357 e. The van der Waals surface area contributed by atoms with E-state index in [-0.39, 0.29) is 4.90 Å². The van der Waals surface area contributed by atoms with Crippen molar-refractivity contribution in [2.24, 2.45) is 0 Å². The van der Waals surface area contributed by atoms with Gasteiger partial charge in [-0.05, 0) is 60.2 Å². The molecule has 1 saturated heterocycles. The summed E-state index contributed by atoms with van der Waals surface area (Å²) in [5.74, 6) is 0. The number of sulfone groups is 1. The Labute approximate surface area is 211 Å². The van der Waals surface area contributed by atoms with Crippen LogP contribution in [-0.2, 0) is 26.4 Å². The summed E-state index contributed by atoms with van der Waals surface area (Å²) in [7, 11) is -9.28. The van der Waals surface area contributed by atoms with E-state index in [0.29, 0.717) is 48.3 Å². The topological polar surface area (TPSA) is 99.7 Å². The lowest BCUT2D eigenvalue weighted by Crippen LogP contribution is -2.26. The highest BCUT2D eigenvalue weighted by molar-refractivity contribution is 7.92. The van der Waals surface area contributed by atoms with Gasteiger partial charge in [0.2, 0.25) is 0 Å². The van der Waals surface area contributed by atoms with Gasteiger partial charge in [0.15, 0.2) is 0 Å². The van der Waals surface area contributed by atoms with Crippen molar-refractivity contribution in [3.8, 4) is 0 Å². The molecule has 1 fully saturated rings. The largest absolute Gasteiger partial charge is 0.501 e. The summed E-state index contributed by atoms with van der Waals surface area (Å²) < 4.78 is 89.6. The van der Waals surface area contributed by atoms with Gasteiger partial charge in [-0.15, -0.1) is 0 Å². The summed E-state index contributed by atoms with van der Waals surface area (Å²) in [6, 6.07) is 12.0. The lowest BCUT2D eigenvalue weighted by atomic mass is 10.2. The van der Waals surface area contributed by atoms with Crippen molar-refractivity contribution in [2.75, 3.05) is 29.4 Å². The van der Waals surface area contributed by atoms with Crippen LogP contribution < -0.4 is 9.62 Å². The quantitative estimate of drug-likeness (QED) is 0.464. The van der Waals surface area contributed by atoms with E-state index < -0.39 is 30.3 Å². The van der Waals surface area contributed by atoms with Crippen molar-refractivity contribution < 1.29 is 30.0 Å². The minimum absolute atomic E-state index is 0.0463. The summed E-state index contributed by atoms with van der Waals surface area (Å²) in [4.78, 5) is 7.13. The van der Waals surface area contributed by atoms with E-state index >= 15 is 0 Å². The fourth-order valence-corrected chi connectivity index (χ4v) is 5.64. The lowest BCUT2D eigenvalue weighted by Gasteiger charge is -2.21. The Hall–Kier alpha value is -2.87. The van der Waals surface area contributed by atoms with E-state index in [2.05, 4.69) is 9.71 Å². The van der Waals surface area contributed by atoms with Crippen LogP contribution in [0.5, 0.6) is 0 Å². The molecule has 0 unspecified atom stereocenters. The summed E-state index contributed by atoms with van der Waals surface area (Å²) in [5.41, 5.74) is -3.81. The van der Waals surface area contributed by atoms with Crippen molar-refractivity contribution in [3.05, 3.63) is 77.6 Å². The molecule has 14 heteroatoms. The molecular weight excluding hydrogens is 541 g/mol. The third-order valence-corrected chi connectivity index (χ3v) is 8.68. The Balaban J connectivity index is 1.45. The predicted molar refractivity (Wildman–Crippen MR) is 129 cm³/mol. The monoisotopic (exact) mass is 560 g/mol. The fraction of sp³-hybridized carbons (Fsp3) is 0.227. The second-order valence-electron chi connectivity index (χ2n) is 7.99. The number of halogens is 4. The summed E-state index contributed by atoms with van der Waals surface area (Å²) in [5, 5.41) is 0.409. The number of benzene rings is 2. The highest BCUT2D eigenvalue weighted by Crippen LogP contribution is 2.32. The maximum absolute atomic E-state index is 12.8. The normalized spacial score (nSPS) is 15.3. The molecule has 1 aromatic heterocycles. The Kier molecular flexibility index (Phi) is 7.19. The second kappa shape index (κ2) is 9.88. The van der Waals surface area contributed by atoms with Crippen molar-refractivity contribution in [3.63, 3.8) is 0 Å². The molecule has 0 aliphatic carbocycles. The molecule has 0 radical (unpaired) electrons. The molecular formula is C22H20ClF3N4O4S2. The Morgan fingerprint density at radius 3 is 2.19 bits per heavy atom. The van der Waals surface area contributed by atoms with Crippen LogP contribution in [0.1, 0.15) is 5.56 Å². The van der Waals surface area contributed by atoms with Crippen LogP contribution in [0.25, 0.3) is 0 Å². The van der Waals surface area contributed by atoms with E-state index in [1.165, 1.54) is 42.6 Å². The number of alkyl halides is 3. The molecule has 0 saturated carbocycles. The van der Waals surface area contributed by atoms with Gasteiger partial charge in [0.1, 0.15) is 0 Å². The molecule has 36 heavy (non-hydrogen) atoms. The van der Waals surface area contributed by atoms with Gasteiger partial charge in [-0.1, -0.05) is 11.6 Å². The van der Waals surface area contributed by atoms with E-state index in [0.717, 1.165) is 12.1 Å². The molecule has 2 aromatic carbocycles. The van der Waals surface area contributed by atoms with Crippen LogP contribution in [0.15, 0.2) is 76.8 Å². The van der Waals surface area contributed by atoms with Gasteiger partial charge in [-0.2, -0.15) is 13.2 Å². The molecule has 1 aliphatic heterocycles. The van der Waals surface area contributed by atoms with E-state index in [4.69, 9.17) is 11.6 Å². The van der Waals surface area contributed by atoms with Crippen LogP contribution in [-0.4, -0.2) is 52.0 Å². The van der Waals surface area contributed by atoms with Gasteiger partial charge in [-0.3, -0.25) is 14.6 Å². The van der Waals surface area contributed by atoms with E-state index in [9.17, 15) is 30.0 Å². The lowest BCUT2D eigenvalue weighted by molar-refractivity contribution is -0.0436. The van der Waals surface area contributed by atoms with Gasteiger partial charge >= 0.3 is 5.51 Å². The molecule has 0 atom stereocenters. The summed E-state index contributed by atoms with van der Waals surface area (Å²) in [6.45, 7) is 1.91. The molecule has 1 N–H and O–H groups in total. The number of rotatable bonds is 7. The first kappa shape index (κ1) is 26.2. The van der Waals surface area contributed by atoms with Crippen molar-refractivity contribution >= 4 is 42.8 Å². The highest BCUT2D eigenvalue weighted by atomic mass is 35.5. The maximum atomic E-state index is 12.8. The molecule has 8 nitrogen and oxygen atoms in total. The molecule has 2 heterocycles. The van der Waals surface area contributed by atoms with Gasteiger partial charge < -0.3 is 4.90 Å². The molecule has 4 rings (SSSR count). The number of nitrogens with one attached hydrogen (secondary N) is 1. The average molecular weight is 561 g/mol. The van der Waals surface area contributed by atoms with Crippen LogP contribution in [0, 0.1) is 0 Å². The summed E-state index contributed by atoms with van der Waals surface area (Å²) >= 11 is 5.84. The molecule has 3 aromatic rings. The number of sulfonamides is 1. The number of nitrogens with zero attached hydrogens (tertiary/aromatic N) is 3. The third kappa shape index (κ3) is 5.59. The number of aromatic nitrogens is 1. The molecule has 0 bridgehead atoms. The first-order valence-corrected chi connectivity index (χ1v) is 13.8. The van der Waals surface area contributed by atoms with Crippen LogP contribution in [0.2, 0.25) is 5.02 Å². The number of pyridine rings is 1. The predicted octanol–water partition coefficient (Wildman–Crippen LogP) is 4.11. The van der Waals surface area contributed by atoms with Crippen molar-refractivity contribution in [2.45, 2.75) is 21.8 Å². The zero-order valence-electron chi connectivity index (χ0n) is 18.5. The van der Waals surface area contributed by atoms with E-state index in [1.54, 1.807) is 12.3 Å². The summed E-state index contributed by atoms with van der Waals surface area (Å²) in [6.07, 6.45) is 2.96. The van der Waals surface area contributed by atoms with Crippen LogP contribution >= 0.6 is 11.6 Å². The Bertz CT molecular complexity index is 1450. The maximum Gasteiger partial charge on any atom is 0.501 e. The second-order valence-corrected chi connectivity index (χ2v) is 12.1. The zero-order chi connectivity index (χ0) is 26.1. The molecule has 0 spiro atoms. The number of anilines is 2. The number of hydrogen-bond donors (Lipinski definition) is 1. The molecule has 1 aliphatic rings. The minimum Gasteiger partial charge on any atom is -0.357 e. The van der Waals surface area contributed by atoms with Gasteiger partial charge in [-0.25, -0.2) is 16.8 Å². The van der Waals surface area contributed by atoms with Crippen LogP contribution in [0.4, 0.5) is 24.5 Å². The van der Waals surface area contributed by atoms with Crippen molar-refractivity contribution in [1.82, 2.24) is 9.88 Å². The number of hydrogen-bond acceptors (Lipinski definition) is 7. The minimum atomic E-state index is -5.41. The average Bonchev–Trinajstić information content (AvgIpc) is 3.28. The molecule has 192 valence electrons. The van der Waals surface area contributed by atoms with Crippen molar-refractivity contribution in [1.29, 1.82) is 0 Å². The van der Waals surface area contributed by atoms with Gasteiger partial charge in [0, 0.05) is 36.5 Å². The molecule has 0 amide bonds. The van der Waals surface area contributed by atoms with Gasteiger partial charge in [0.25, 0.3) is 19.9 Å². The standard InChI is InChI=1S/C22H20ClF3N4O4S2/c23-17-1-5-20(6-2-17)36(33,34)28-21-13-27-10-9-16(21)14-29-11-12-30(15-29)18-3-7-19(8-4-18)35(31,32)22(24,25)26/h1-10,13,28H,11-12,14-15H2. The highest BCUT2D eigenvalue weighted by Gasteiger charge is 2.46. The zero-order valence-corrected chi connectivity index (χ0v) is 20.9. The first-order chi connectivity index (χ1) is 16.9. The first-order valence-electron chi connectivity index (χ1n) is 10.5. The fourth-order valence-electron chi connectivity index (χ4n) is 3.67. The Morgan fingerprint density at radius 1 is 0.917 bits per heavy atom.